The summed E-state index contributed by atoms with van der Waals surface area (Å²) in [6.07, 6.45) is 3.91. The number of rotatable bonds is 3. The van der Waals surface area contributed by atoms with Crippen molar-refractivity contribution >= 4 is 5.78 Å². The number of aryl methyl sites for hydroxylation is 2. The van der Waals surface area contributed by atoms with Crippen LogP contribution in [-0.2, 0) is 0 Å². The maximum atomic E-state index is 12.0. The first-order valence-corrected chi connectivity index (χ1v) is 5.61. The van der Waals surface area contributed by atoms with E-state index in [0.717, 1.165) is 29.7 Å². The van der Waals surface area contributed by atoms with E-state index in [1.54, 1.807) is 6.20 Å². The lowest BCUT2D eigenvalue weighted by Crippen LogP contribution is -2.05. The molecule has 2 heteroatoms. The number of carbonyl (C=O) groups excluding carboxylic acids is 1. The molecular weight excluding hydrogens is 186 g/mol. The quantitative estimate of drug-likeness (QED) is 0.707. The Kier molecular flexibility index (Phi) is 2.59. The van der Waals surface area contributed by atoms with Crippen molar-refractivity contribution in [3.05, 3.63) is 29.1 Å². The van der Waals surface area contributed by atoms with Gasteiger partial charge in [0.1, 0.15) is 0 Å². The molecule has 80 valence electrons. The van der Waals surface area contributed by atoms with Crippen LogP contribution in [0.4, 0.5) is 0 Å². The fourth-order valence-corrected chi connectivity index (χ4v) is 2.01. The van der Waals surface area contributed by atoms with E-state index >= 15 is 0 Å². The van der Waals surface area contributed by atoms with Crippen LogP contribution >= 0.6 is 0 Å². The third kappa shape index (κ3) is 1.94. The normalized spacial score (nSPS) is 23.9. The molecule has 2 nitrogen and oxygen atoms in total. The molecule has 1 aliphatic carbocycles. The van der Waals surface area contributed by atoms with Gasteiger partial charge in [-0.2, -0.15) is 0 Å². The van der Waals surface area contributed by atoms with Gasteiger partial charge in [-0.05, 0) is 37.8 Å². The molecule has 0 aromatic carbocycles. The van der Waals surface area contributed by atoms with E-state index < -0.39 is 0 Å². The topological polar surface area (TPSA) is 30.0 Å². The monoisotopic (exact) mass is 203 g/mol. The van der Waals surface area contributed by atoms with E-state index in [0.29, 0.717) is 5.92 Å². The largest absolute Gasteiger partial charge is 0.294 e. The van der Waals surface area contributed by atoms with E-state index in [1.165, 1.54) is 0 Å². The lowest BCUT2D eigenvalue weighted by atomic mass is 10.0. The van der Waals surface area contributed by atoms with Crippen molar-refractivity contribution in [3.63, 3.8) is 0 Å². The first-order chi connectivity index (χ1) is 7.13. The van der Waals surface area contributed by atoms with E-state index in [1.807, 2.05) is 19.9 Å². The smallest absolute Gasteiger partial charge is 0.167 e. The Morgan fingerprint density at radius 2 is 2.27 bits per heavy atom. The van der Waals surface area contributed by atoms with E-state index in [2.05, 4.69) is 11.9 Å². The van der Waals surface area contributed by atoms with Gasteiger partial charge >= 0.3 is 0 Å². The standard InChI is InChI=1S/C13H17NO/c1-4-10-6-12(10)13(15)11-5-8(2)9(3)14-7-11/h5,7,10,12H,4,6H2,1-3H3. The highest BCUT2D eigenvalue weighted by atomic mass is 16.1. The molecular formula is C13H17NO. The maximum absolute atomic E-state index is 12.0. The highest BCUT2D eigenvalue weighted by Crippen LogP contribution is 2.43. The van der Waals surface area contributed by atoms with Gasteiger partial charge in [-0.15, -0.1) is 0 Å². The summed E-state index contributed by atoms with van der Waals surface area (Å²) in [6, 6.07) is 1.97. The number of carbonyl (C=O) groups is 1. The summed E-state index contributed by atoms with van der Waals surface area (Å²) in [5.41, 5.74) is 2.91. The van der Waals surface area contributed by atoms with Crippen LogP contribution in [0.15, 0.2) is 12.3 Å². The summed E-state index contributed by atoms with van der Waals surface area (Å²) < 4.78 is 0. The molecule has 0 bridgehead atoms. The summed E-state index contributed by atoms with van der Waals surface area (Å²) in [6.45, 7) is 6.12. The first-order valence-electron chi connectivity index (χ1n) is 5.61. The Bertz CT molecular complexity index is 398. The van der Waals surface area contributed by atoms with Gasteiger partial charge in [0.15, 0.2) is 5.78 Å². The molecule has 1 fully saturated rings. The molecule has 2 atom stereocenters. The van der Waals surface area contributed by atoms with E-state index in [9.17, 15) is 4.79 Å². The SMILES string of the molecule is CCC1CC1C(=O)c1cnc(C)c(C)c1. The molecule has 2 unspecified atom stereocenters. The Balaban J connectivity index is 2.16. The molecule has 1 aliphatic rings. The summed E-state index contributed by atoms with van der Waals surface area (Å²) in [5, 5.41) is 0. The highest BCUT2D eigenvalue weighted by Gasteiger charge is 2.41. The van der Waals surface area contributed by atoms with Gasteiger partial charge in [0.2, 0.25) is 0 Å². The van der Waals surface area contributed by atoms with Crippen LogP contribution in [0.1, 0.15) is 41.4 Å². The lowest BCUT2D eigenvalue weighted by molar-refractivity contribution is 0.0960. The summed E-state index contributed by atoms with van der Waals surface area (Å²) in [4.78, 5) is 16.2. The van der Waals surface area contributed by atoms with Crippen molar-refractivity contribution < 1.29 is 4.79 Å². The third-order valence-corrected chi connectivity index (χ3v) is 3.41. The van der Waals surface area contributed by atoms with Crippen molar-refractivity contribution in [2.24, 2.45) is 11.8 Å². The minimum absolute atomic E-state index is 0.277. The number of hydrogen-bond acceptors (Lipinski definition) is 2. The molecule has 0 saturated heterocycles. The predicted octanol–water partition coefficient (Wildman–Crippen LogP) is 2.93. The zero-order chi connectivity index (χ0) is 11.0. The minimum atomic E-state index is 0.277. The fourth-order valence-electron chi connectivity index (χ4n) is 2.01. The molecule has 1 aromatic heterocycles. The Morgan fingerprint density at radius 3 is 2.80 bits per heavy atom. The fraction of sp³-hybridized carbons (Fsp3) is 0.538. The number of nitrogens with zero attached hydrogens (tertiary/aromatic N) is 1. The Hall–Kier alpha value is -1.18. The Labute approximate surface area is 90.7 Å². The number of aromatic nitrogens is 1. The van der Waals surface area contributed by atoms with Crippen LogP contribution in [-0.4, -0.2) is 10.8 Å². The second-order valence-electron chi connectivity index (χ2n) is 4.50. The molecule has 1 saturated carbocycles. The molecule has 2 rings (SSSR count). The van der Waals surface area contributed by atoms with Crippen LogP contribution in [0, 0.1) is 25.7 Å². The molecule has 0 amide bonds. The van der Waals surface area contributed by atoms with Gasteiger partial charge in [-0.3, -0.25) is 9.78 Å². The second-order valence-corrected chi connectivity index (χ2v) is 4.50. The van der Waals surface area contributed by atoms with Crippen LogP contribution in [0.5, 0.6) is 0 Å². The van der Waals surface area contributed by atoms with Crippen LogP contribution in [0.3, 0.4) is 0 Å². The first kappa shape index (κ1) is 10.3. The van der Waals surface area contributed by atoms with Crippen molar-refractivity contribution in [1.29, 1.82) is 0 Å². The number of hydrogen-bond donors (Lipinski definition) is 0. The van der Waals surface area contributed by atoms with E-state index in [-0.39, 0.29) is 11.7 Å². The second kappa shape index (κ2) is 3.76. The minimum Gasteiger partial charge on any atom is -0.294 e. The maximum Gasteiger partial charge on any atom is 0.167 e. The average Bonchev–Trinajstić information content (AvgIpc) is 3.00. The van der Waals surface area contributed by atoms with Crippen molar-refractivity contribution in [2.45, 2.75) is 33.6 Å². The van der Waals surface area contributed by atoms with Crippen molar-refractivity contribution in [3.8, 4) is 0 Å². The number of Topliss-reactive ketones (excluding diaryl/α,β-unsaturated/α-hetero) is 1. The van der Waals surface area contributed by atoms with Gasteiger partial charge in [0, 0.05) is 23.4 Å². The van der Waals surface area contributed by atoms with Gasteiger partial charge in [0.05, 0.1) is 0 Å². The zero-order valence-corrected chi connectivity index (χ0v) is 9.58. The van der Waals surface area contributed by atoms with Crippen molar-refractivity contribution in [1.82, 2.24) is 4.98 Å². The van der Waals surface area contributed by atoms with E-state index in [4.69, 9.17) is 0 Å². The summed E-state index contributed by atoms with van der Waals surface area (Å²) in [5.74, 6) is 1.19. The number of ketones is 1. The third-order valence-electron chi connectivity index (χ3n) is 3.41. The van der Waals surface area contributed by atoms with Gasteiger partial charge < -0.3 is 0 Å². The number of pyridine rings is 1. The molecule has 15 heavy (non-hydrogen) atoms. The molecule has 1 heterocycles. The summed E-state index contributed by atoms with van der Waals surface area (Å²) in [7, 11) is 0. The molecule has 0 aliphatic heterocycles. The van der Waals surface area contributed by atoms with Crippen LogP contribution < -0.4 is 0 Å². The molecule has 0 radical (unpaired) electrons. The zero-order valence-electron chi connectivity index (χ0n) is 9.58. The predicted molar refractivity (Wildman–Crippen MR) is 59.9 cm³/mol. The Morgan fingerprint density at radius 1 is 1.53 bits per heavy atom. The van der Waals surface area contributed by atoms with Gasteiger partial charge in [0.25, 0.3) is 0 Å². The van der Waals surface area contributed by atoms with Crippen LogP contribution in [0.25, 0.3) is 0 Å². The van der Waals surface area contributed by atoms with Crippen molar-refractivity contribution in [2.75, 3.05) is 0 Å². The molecule has 0 spiro atoms. The van der Waals surface area contributed by atoms with Gasteiger partial charge in [-0.25, -0.2) is 0 Å². The average molecular weight is 203 g/mol. The highest BCUT2D eigenvalue weighted by molar-refractivity contribution is 5.99. The van der Waals surface area contributed by atoms with Gasteiger partial charge in [-0.1, -0.05) is 13.3 Å². The molecule has 1 aromatic rings. The lowest BCUT2D eigenvalue weighted by Gasteiger charge is -2.03. The summed E-state index contributed by atoms with van der Waals surface area (Å²) >= 11 is 0. The van der Waals surface area contributed by atoms with Crippen LogP contribution in [0.2, 0.25) is 0 Å². The molecule has 0 N–H and O–H groups in total.